The van der Waals surface area contributed by atoms with Crippen molar-refractivity contribution >= 4 is 23.6 Å². The van der Waals surface area contributed by atoms with Gasteiger partial charge < -0.3 is 19.9 Å². The van der Waals surface area contributed by atoms with Crippen molar-refractivity contribution in [2.45, 2.75) is 110 Å². The van der Waals surface area contributed by atoms with Gasteiger partial charge in [0.15, 0.2) is 5.57 Å². The topological polar surface area (TPSA) is 105 Å². The van der Waals surface area contributed by atoms with Crippen LogP contribution in [-0.4, -0.2) is 30.3 Å². The van der Waals surface area contributed by atoms with E-state index in [-0.39, 0.29) is 11.3 Å². The zero-order valence-corrected chi connectivity index (χ0v) is 22.2. The summed E-state index contributed by atoms with van der Waals surface area (Å²) in [5, 5.41) is 0. The molecule has 0 aromatic heterocycles. The van der Waals surface area contributed by atoms with Gasteiger partial charge in [0.1, 0.15) is 0 Å². The van der Waals surface area contributed by atoms with E-state index < -0.39 is 23.7 Å². The number of carbonyl (C=O) groups excluding carboxylic acids is 3. The predicted molar refractivity (Wildman–Crippen MR) is 140 cm³/mol. The van der Waals surface area contributed by atoms with Gasteiger partial charge in [-0.25, -0.2) is 14.4 Å². The van der Waals surface area contributed by atoms with E-state index in [1.807, 2.05) is 0 Å². The molecule has 2 rings (SSSR count). The Balaban J connectivity index is 1.63. The fourth-order valence-electron chi connectivity index (χ4n) is 4.17. The quantitative estimate of drug-likeness (QED) is 0.120. The van der Waals surface area contributed by atoms with E-state index in [9.17, 15) is 14.4 Å². The Morgan fingerprint density at radius 2 is 1.17 bits per heavy atom. The Labute approximate surface area is 215 Å². The van der Waals surface area contributed by atoms with Crippen molar-refractivity contribution in [3.05, 3.63) is 41.0 Å². The molecule has 1 heterocycles. The van der Waals surface area contributed by atoms with E-state index in [2.05, 4.69) is 6.92 Å². The molecule has 200 valence electrons. The minimum atomic E-state index is -1.33. The van der Waals surface area contributed by atoms with Gasteiger partial charge in [-0.15, -0.1) is 0 Å². The molecule has 1 aromatic carbocycles. The third-order valence-corrected chi connectivity index (χ3v) is 6.27. The highest BCUT2D eigenvalue weighted by Gasteiger charge is 2.40. The van der Waals surface area contributed by atoms with Crippen LogP contribution in [0.3, 0.4) is 0 Å². The molecule has 0 spiro atoms. The van der Waals surface area contributed by atoms with Crippen LogP contribution in [0.5, 0.6) is 0 Å². The molecule has 1 saturated heterocycles. The molecule has 0 bridgehead atoms. The van der Waals surface area contributed by atoms with Crippen molar-refractivity contribution in [3.8, 4) is 0 Å². The first-order valence-electron chi connectivity index (χ1n) is 13.5. The van der Waals surface area contributed by atoms with Gasteiger partial charge in [-0.1, -0.05) is 96.1 Å². The number of ether oxygens (including phenoxy) is 3. The number of unbranched alkanes of at least 4 members (excludes halogenated alkanes) is 12. The highest BCUT2D eigenvalue weighted by Crippen LogP contribution is 2.26. The number of esters is 3. The smallest absolute Gasteiger partial charge is 0.351 e. The minimum absolute atomic E-state index is 0.0626. The van der Waals surface area contributed by atoms with Gasteiger partial charge >= 0.3 is 17.9 Å². The lowest BCUT2D eigenvalue weighted by Crippen LogP contribution is -2.42. The van der Waals surface area contributed by atoms with Crippen molar-refractivity contribution in [2.75, 3.05) is 6.61 Å². The monoisotopic (exact) mass is 501 g/mol. The van der Waals surface area contributed by atoms with Crippen LogP contribution in [0, 0.1) is 0 Å². The van der Waals surface area contributed by atoms with Crippen molar-refractivity contribution in [1.82, 2.24) is 0 Å². The Hall–Kier alpha value is -2.83. The zero-order valence-electron chi connectivity index (χ0n) is 22.2. The van der Waals surface area contributed by atoms with Gasteiger partial charge in [-0.3, -0.25) is 0 Å². The summed E-state index contributed by atoms with van der Waals surface area (Å²) in [7, 11) is 0. The first kappa shape index (κ1) is 29.4. The molecule has 1 aliphatic heterocycles. The van der Waals surface area contributed by atoms with Crippen molar-refractivity contribution in [3.63, 3.8) is 0 Å². The van der Waals surface area contributed by atoms with Crippen LogP contribution in [0.25, 0.3) is 5.70 Å². The molecule has 1 aliphatic rings. The molecular formula is C29H43NO6. The summed E-state index contributed by atoms with van der Waals surface area (Å²) >= 11 is 0. The van der Waals surface area contributed by atoms with Crippen LogP contribution in [0.4, 0.5) is 0 Å². The predicted octanol–water partition coefficient (Wildman–Crippen LogP) is 6.44. The number of benzene rings is 1. The van der Waals surface area contributed by atoms with Crippen LogP contribution in [0.1, 0.15) is 120 Å². The molecule has 0 amide bonds. The molecule has 0 atom stereocenters. The van der Waals surface area contributed by atoms with Crippen LogP contribution >= 0.6 is 0 Å². The fraction of sp³-hybridized carbons (Fsp3) is 0.621. The van der Waals surface area contributed by atoms with Gasteiger partial charge in [-0.05, 0) is 24.1 Å². The van der Waals surface area contributed by atoms with Crippen molar-refractivity contribution in [2.24, 2.45) is 5.73 Å². The Morgan fingerprint density at radius 1 is 0.750 bits per heavy atom. The maximum atomic E-state index is 12.3. The van der Waals surface area contributed by atoms with Gasteiger partial charge in [0.25, 0.3) is 5.79 Å². The molecule has 0 radical (unpaired) electrons. The van der Waals surface area contributed by atoms with Crippen LogP contribution in [0.15, 0.2) is 29.8 Å². The Kier molecular flexibility index (Phi) is 12.5. The van der Waals surface area contributed by atoms with Crippen LogP contribution in [0.2, 0.25) is 0 Å². The van der Waals surface area contributed by atoms with Crippen LogP contribution in [-0.2, 0) is 23.8 Å². The second kappa shape index (κ2) is 15.3. The largest absolute Gasteiger partial charge is 0.462 e. The molecule has 1 fully saturated rings. The van der Waals surface area contributed by atoms with Gasteiger partial charge in [0.05, 0.1) is 17.9 Å². The summed E-state index contributed by atoms with van der Waals surface area (Å²) in [5.41, 5.74) is 6.39. The Morgan fingerprint density at radius 3 is 1.64 bits per heavy atom. The van der Waals surface area contributed by atoms with E-state index in [4.69, 9.17) is 19.9 Å². The van der Waals surface area contributed by atoms with Crippen LogP contribution < -0.4 is 5.73 Å². The van der Waals surface area contributed by atoms with E-state index in [1.165, 1.54) is 84.5 Å². The van der Waals surface area contributed by atoms with Crippen molar-refractivity contribution < 1.29 is 28.6 Å². The molecule has 1 aromatic rings. The first-order chi connectivity index (χ1) is 17.2. The number of rotatable bonds is 16. The van der Waals surface area contributed by atoms with E-state index in [0.717, 1.165) is 12.8 Å². The number of hydrogen-bond donors (Lipinski definition) is 1. The number of carbonyl (C=O) groups is 3. The minimum Gasteiger partial charge on any atom is -0.462 e. The molecule has 0 aliphatic carbocycles. The highest BCUT2D eigenvalue weighted by molar-refractivity contribution is 6.20. The second-order valence-electron chi connectivity index (χ2n) is 9.92. The standard InChI is InChI=1S/C29H43NO6/c1-4-5-6-7-8-9-10-11-12-13-14-15-16-21-34-26(31)23-19-17-22(18-20-23)25(30)24-27(32)35-29(2,3)36-28(24)33/h17-20H,4-16,21,30H2,1-3H3. The van der Waals surface area contributed by atoms with Gasteiger partial charge in [0.2, 0.25) is 0 Å². The lowest BCUT2D eigenvalue weighted by molar-refractivity contribution is -0.222. The third kappa shape index (κ3) is 10.0. The Bertz CT molecular complexity index is 866. The zero-order chi connectivity index (χ0) is 26.4. The SMILES string of the molecule is CCCCCCCCCCCCCCCOC(=O)c1ccc(C(N)=C2C(=O)OC(C)(C)OC2=O)cc1. The fourth-order valence-corrected chi connectivity index (χ4v) is 4.17. The number of nitrogens with two attached hydrogens (primary N) is 1. The lowest BCUT2D eigenvalue weighted by atomic mass is 10.0. The summed E-state index contributed by atoms with van der Waals surface area (Å²) in [4.78, 5) is 36.7. The summed E-state index contributed by atoms with van der Waals surface area (Å²) < 4.78 is 15.5. The molecule has 7 heteroatoms. The number of hydrogen-bond acceptors (Lipinski definition) is 7. The normalized spacial score (nSPS) is 14.8. The maximum absolute atomic E-state index is 12.3. The summed E-state index contributed by atoms with van der Waals surface area (Å²) in [6.45, 7) is 5.57. The van der Waals surface area contributed by atoms with E-state index in [0.29, 0.717) is 17.7 Å². The molecule has 36 heavy (non-hydrogen) atoms. The molecular weight excluding hydrogens is 458 g/mol. The van der Waals surface area contributed by atoms with Gasteiger partial charge in [0, 0.05) is 13.8 Å². The maximum Gasteiger partial charge on any atom is 0.351 e. The summed E-state index contributed by atoms with van der Waals surface area (Å²) in [6.07, 6.45) is 16.4. The third-order valence-electron chi connectivity index (χ3n) is 6.27. The average Bonchev–Trinajstić information content (AvgIpc) is 2.83. The summed E-state index contributed by atoms with van der Waals surface area (Å²) in [5.74, 6) is -3.42. The molecule has 0 unspecified atom stereocenters. The lowest BCUT2D eigenvalue weighted by Gasteiger charge is -2.30. The molecule has 0 saturated carbocycles. The average molecular weight is 502 g/mol. The van der Waals surface area contributed by atoms with Crippen molar-refractivity contribution in [1.29, 1.82) is 0 Å². The summed E-state index contributed by atoms with van der Waals surface area (Å²) in [6, 6.07) is 6.23. The van der Waals surface area contributed by atoms with Gasteiger partial charge in [-0.2, -0.15) is 0 Å². The highest BCUT2D eigenvalue weighted by atomic mass is 16.7. The molecule has 2 N–H and O–H groups in total. The molecule has 7 nitrogen and oxygen atoms in total. The second-order valence-corrected chi connectivity index (χ2v) is 9.92. The van der Waals surface area contributed by atoms with E-state index >= 15 is 0 Å². The van der Waals surface area contributed by atoms with E-state index in [1.54, 1.807) is 24.3 Å². The first-order valence-corrected chi connectivity index (χ1v) is 13.5. The number of cyclic esters (lactones) is 2.